The number of hydrogen-bond acceptors (Lipinski definition) is 4. The van der Waals surface area contributed by atoms with Gasteiger partial charge >= 0.3 is 5.97 Å². The maximum atomic E-state index is 12.4. The molecule has 1 aliphatic heterocycles. The summed E-state index contributed by atoms with van der Waals surface area (Å²) in [5.41, 5.74) is 1.97. The second-order valence-corrected chi connectivity index (χ2v) is 6.69. The van der Waals surface area contributed by atoms with Gasteiger partial charge in [0.15, 0.2) is 12.6 Å². The molecular weight excluding hydrogens is 334 g/mol. The topological polar surface area (TPSA) is 88.9 Å². The molecule has 0 bridgehead atoms. The predicted molar refractivity (Wildman–Crippen MR) is 97.9 cm³/mol. The highest BCUT2D eigenvalue weighted by atomic mass is 16.5. The zero-order valence-corrected chi connectivity index (χ0v) is 15.6. The van der Waals surface area contributed by atoms with Crippen LogP contribution in [0.3, 0.4) is 0 Å². The molecule has 1 heterocycles. The number of methoxy groups -OCH3 is 1. The highest BCUT2D eigenvalue weighted by Gasteiger charge is 2.36. The average molecular weight is 362 g/mol. The number of quaternary nitrogens is 1. The second kappa shape index (κ2) is 9.33. The van der Waals surface area contributed by atoms with E-state index in [1.54, 1.807) is 0 Å². The number of rotatable bonds is 7. The number of benzene rings is 1. The number of anilines is 1. The van der Waals surface area contributed by atoms with Gasteiger partial charge in [0.2, 0.25) is 0 Å². The fraction of sp³-hybridized carbons (Fsp3) is 0.526. The van der Waals surface area contributed by atoms with Crippen molar-refractivity contribution in [1.82, 2.24) is 5.32 Å². The van der Waals surface area contributed by atoms with E-state index >= 15 is 0 Å². The fourth-order valence-electron chi connectivity index (χ4n) is 3.07. The summed E-state index contributed by atoms with van der Waals surface area (Å²) >= 11 is 0. The summed E-state index contributed by atoms with van der Waals surface area (Å²) in [5.74, 6) is -0.371. The van der Waals surface area contributed by atoms with Crippen LogP contribution in [0.4, 0.5) is 5.69 Å². The number of ether oxygens (including phenoxy) is 1. The van der Waals surface area contributed by atoms with E-state index in [0.717, 1.165) is 17.0 Å². The summed E-state index contributed by atoms with van der Waals surface area (Å²) in [6.07, 6.45) is 1.03. The van der Waals surface area contributed by atoms with Gasteiger partial charge in [-0.15, -0.1) is 0 Å². The van der Waals surface area contributed by atoms with Gasteiger partial charge in [0.05, 0.1) is 20.2 Å². The number of esters is 1. The van der Waals surface area contributed by atoms with Gasteiger partial charge in [-0.3, -0.25) is 14.4 Å². The zero-order valence-electron chi connectivity index (χ0n) is 15.6. The minimum atomic E-state index is -0.602. The molecule has 142 valence electrons. The highest BCUT2D eigenvalue weighted by Crippen LogP contribution is 2.20. The number of carbonyl (C=O) groups excluding carboxylic acids is 3. The van der Waals surface area contributed by atoms with Crippen molar-refractivity contribution in [2.45, 2.75) is 38.6 Å². The Kier molecular flexibility index (Phi) is 7.15. The predicted octanol–water partition coefficient (Wildman–Crippen LogP) is 0.0850. The molecule has 1 fully saturated rings. The molecule has 0 aliphatic carbocycles. The molecule has 1 aromatic rings. The van der Waals surface area contributed by atoms with Crippen molar-refractivity contribution in [3.63, 3.8) is 0 Å². The van der Waals surface area contributed by atoms with Crippen molar-refractivity contribution in [2.75, 3.05) is 32.1 Å². The molecule has 3 N–H and O–H groups in total. The SMILES string of the molecule is CC[C@@H](C)c1ccc(NC(=O)C[NH+]2CCNC(=O)[C@@H]2CC(=O)OC)cc1. The van der Waals surface area contributed by atoms with Crippen molar-refractivity contribution < 1.29 is 24.0 Å². The Balaban J connectivity index is 1.96. The summed E-state index contributed by atoms with van der Waals surface area (Å²) in [6.45, 7) is 5.52. The zero-order chi connectivity index (χ0) is 19.1. The van der Waals surface area contributed by atoms with Gasteiger partial charge in [0.25, 0.3) is 11.8 Å². The van der Waals surface area contributed by atoms with E-state index in [4.69, 9.17) is 0 Å². The first-order valence-electron chi connectivity index (χ1n) is 9.03. The largest absolute Gasteiger partial charge is 0.469 e. The molecule has 0 spiro atoms. The highest BCUT2D eigenvalue weighted by molar-refractivity contribution is 5.92. The molecular formula is C19H28N3O4+. The molecule has 0 radical (unpaired) electrons. The first-order valence-corrected chi connectivity index (χ1v) is 9.03. The lowest BCUT2D eigenvalue weighted by Gasteiger charge is -2.30. The monoisotopic (exact) mass is 362 g/mol. The number of hydrogen-bond donors (Lipinski definition) is 3. The summed E-state index contributed by atoms with van der Waals surface area (Å²) < 4.78 is 4.66. The Labute approximate surface area is 154 Å². The summed E-state index contributed by atoms with van der Waals surface area (Å²) in [4.78, 5) is 36.8. The van der Waals surface area contributed by atoms with E-state index in [1.165, 1.54) is 12.7 Å². The van der Waals surface area contributed by atoms with Crippen LogP contribution >= 0.6 is 0 Å². The Morgan fingerprint density at radius 2 is 2.04 bits per heavy atom. The van der Waals surface area contributed by atoms with Crippen LogP contribution in [0.1, 0.15) is 38.2 Å². The van der Waals surface area contributed by atoms with Crippen LogP contribution in [-0.4, -0.2) is 50.6 Å². The first-order chi connectivity index (χ1) is 12.4. The molecule has 2 rings (SSSR count). The van der Waals surface area contributed by atoms with E-state index in [-0.39, 0.29) is 24.8 Å². The Morgan fingerprint density at radius 3 is 2.65 bits per heavy atom. The fourth-order valence-corrected chi connectivity index (χ4v) is 3.07. The van der Waals surface area contributed by atoms with E-state index in [1.807, 2.05) is 24.3 Å². The second-order valence-electron chi connectivity index (χ2n) is 6.69. The van der Waals surface area contributed by atoms with Gasteiger partial charge in [-0.25, -0.2) is 0 Å². The van der Waals surface area contributed by atoms with Crippen LogP contribution in [0.25, 0.3) is 0 Å². The number of nitrogens with one attached hydrogen (secondary N) is 3. The van der Waals surface area contributed by atoms with Crippen molar-refractivity contribution in [3.05, 3.63) is 29.8 Å². The van der Waals surface area contributed by atoms with Crippen molar-refractivity contribution in [1.29, 1.82) is 0 Å². The molecule has 0 aromatic heterocycles. The average Bonchev–Trinajstić information content (AvgIpc) is 2.64. The lowest BCUT2D eigenvalue weighted by Crippen LogP contribution is -3.20. The quantitative estimate of drug-likeness (QED) is 0.600. The minimum Gasteiger partial charge on any atom is -0.469 e. The standard InChI is InChI=1S/C19H27N3O4/c1-4-13(2)14-5-7-15(8-6-14)21-17(23)12-22-10-9-20-19(25)16(22)11-18(24)26-3/h5-8,13,16H,4,9-12H2,1-3H3,(H,20,25)(H,21,23)/p+1/t13-,16+/m1/s1. The number of amides is 2. The molecule has 1 aliphatic rings. The first kappa shape index (κ1) is 19.9. The molecule has 7 heteroatoms. The minimum absolute atomic E-state index is 0.0332. The molecule has 2 amide bonds. The van der Waals surface area contributed by atoms with Crippen LogP contribution in [0.15, 0.2) is 24.3 Å². The van der Waals surface area contributed by atoms with E-state index in [0.29, 0.717) is 19.0 Å². The lowest BCUT2D eigenvalue weighted by atomic mass is 9.99. The maximum Gasteiger partial charge on any atom is 0.312 e. The Bertz CT molecular complexity index is 645. The Morgan fingerprint density at radius 1 is 1.35 bits per heavy atom. The van der Waals surface area contributed by atoms with Crippen LogP contribution < -0.4 is 15.5 Å². The van der Waals surface area contributed by atoms with E-state index in [2.05, 4.69) is 29.2 Å². The smallest absolute Gasteiger partial charge is 0.312 e. The third kappa shape index (κ3) is 5.29. The molecule has 1 aromatic carbocycles. The molecule has 26 heavy (non-hydrogen) atoms. The molecule has 1 unspecified atom stereocenters. The summed E-state index contributed by atoms with van der Waals surface area (Å²) in [7, 11) is 1.29. The van der Waals surface area contributed by atoms with Gasteiger partial charge in [0, 0.05) is 5.69 Å². The maximum absolute atomic E-state index is 12.4. The van der Waals surface area contributed by atoms with Crippen LogP contribution in [0.2, 0.25) is 0 Å². The summed E-state index contributed by atoms with van der Waals surface area (Å²) in [5, 5.41) is 5.61. The van der Waals surface area contributed by atoms with Gasteiger partial charge in [-0.1, -0.05) is 26.0 Å². The van der Waals surface area contributed by atoms with Crippen LogP contribution in [-0.2, 0) is 19.1 Å². The molecule has 3 atom stereocenters. The third-order valence-corrected chi connectivity index (χ3v) is 4.92. The number of carbonyl (C=O) groups is 3. The number of piperazine rings is 1. The Hall–Kier alpha value is -2.41. The van der Waals surface area contributed by atoms with Gasteiger partial charge in [-0.05, 0) is 30.0 Å². The molecule has 7 nitrogen and oxygen atoms in total. The van der Waals surface area contributed by atoms with Crippen molar-refractivity contribution in [3.8, 4) is 0 Å². The van der Waals surface area contributed by atoms with Gasteiger partial charge in [0.1, 0.15) is 6.42 Å². The van der Waals surface area contributed by atoms with Gasteiger partial charge < -0.3 is 20.3 Å². The lowest BCUT2D eigenvalue weighted by molar-refractivity contribution is -0.909. The third-order valence-electron chi connectivity index (χ3n) is 4.92. The van der Waals surface area contributed by atoms with E-state index in [9.17, 15) is 14.4 Å². The normalized spacial score (nSPS) is 20.8. The van der Waals surface area contributed by atoms with Crippen molar-refractivity contribution >= 4 is 23.5 Å². The van der Waals surface area contributed by atoms with Crippen LogP contribution in [0.5, 0.6) is 0 Å². The van der Waals surface area contributed by atoms with Gasteiger partial charge in [-0.2, -0.15) is 0 Å². The molecule has 1 saturated heterocycles. The van der Waals surface area contributed by atoms with E-state index < -0.39 is 12.0 Å². The van der Waals surface area contributed by atoms with Crippen LogP contribution in [0, 0.1) is 0 Å². The molecule has 0 saturated carbocycles. The summed E-state index contributed by atoms with van der Waals surface area (Å²) in [6, 6.07) is 7.22. The van der Waals surface area contributed by atoms with Crippen molar-refractivity contribution in [2.24, 2.45) is 0 Å².